The number of fused-ring (bicyclic) bond motifs is 1. The molecule has 0 N–H and O–H groups in total. The van der Waals surface area contributed by atoms with Crippen LogP contribution in [0.4, 0.5) is 0 Å². The second-order valence-electron chi connectivity index (χ2n) is 14.8. The first-order chi connectivity index (χ1) is 15.4. The predicted octanol–water partition coefficient (Wildman–Crippen LogP) is 10.3. The van der Waals surface area contributed by atoms with Crippen LogP contribution in [0, 0.1) is 0 Å². The molecule has 0 unspecified atom stereocenters. The van der Waals surface area contributed by atoms with E-state index in [1.165, 1.54) is 65.7 Å². The molecule has 1 aliphatic carbocycles. The van der Waals surface area contributed by atoms with Gasteiger partial charge in [-0.25, -0.2) is 0 Å². The summed E-state index contributed by atoms with van der Waals surface area (Å²) in [5.74, 6) is 0. The van der Waals surface area contributed by atoms with E-state index in [2.05, 4.69) is 119 Å². The van der Waals surface area contributed by atoms with Crippen LogP contribution in [0.5, 0.6) is 0 Å². The van der Waals surface area contributed by atoms with E-state index in [4.69, 9.17) is 0 Å². The van der Waals surface area contributed by atoms with Crippen molar-refractivity contribution in [3.8, 4) is 11.1 Å². The highest BCUT2D eigenvalue weighted by Gasteiger charge is 2.36. The Bertz CT molecular complexity index is 1500. The zero-order valence-electron chi connectivity index (χ0n) is 23.5. The first kappa shape index (κ1) is 23.4. The molecule has 0 aromatic heterocycles. The topological polar surface area (TPSA) is 0 Å². The quantitative estimate of drug-likeness (QED) is 0.206. The van der Waals surface area contributed by atoms with E-state index in [0.717, 1.165) is 0 Å². The van der Waals surface area contributed by atoms with Gasteiger partial charge in [0.2, 0.25) is 0 Å². The normalized spacial score (nSPS) is 14.5. The van der Waals surface area contributed by atoms with Gasteiger partial charge in [-0.15, -0.1) is 0 Å². The van der Waals surface area contributed by atoms with Crippen molar-refractivity contribution >= 4 is 32.3 Å². The van der Waals surface area contributed by atoms with Gasteiger partial charge in [0.15, 0.2) is 0 Å². The molecule has 0 fully saturated rings. The van der Waals surface area contributed by atoms with Crippen LogP contribution in [0.2, 0.25) is 0 Å². The first-order valence-corrected chi connectivity index (χ1v) is 13.0. The van der Waals surface area contributed by atoms with E-state index in [1.54, 1.807) is 0 Å². The summed E-state index contributed by atoms with van der Waals surface area (Å²) in [6.45, 7) is 28.5. The molecular formula is C34H42. The van der Waals surface area contributed by atoms with Crippen molar-refractivity contribution in [1.82, 2.24) is 0 Å². The van der Waals surface area contributed by atoms with Crippen LogP contribution < -0.4 is 0 Å². The Morgan fingerprint density at radius 3 is 1.38 bits per heavy atom. The van der Waals surface area contributed by atoms with Crippen molar-refractivity contribution in [3.05, 3.63) is 58.7 Å². The fourth-order valence-corrected chi connectivity index (χ4v) is 6.21. The summed E-state index contributed by atoms with van der Waals surface area (Å²) in [6.07, 6.45) is 0. The lowest BCUT2D eigenvalue weighted by Crippen LogP contribution is -2.19. The van der Waals surface area contributed by atoms with Gasteiger partial charge in [0.1, 0.15) is 0 Å². The van der Waals surface area contributed by atoms with E-state index in [-0.39, 0.29) is 21.7 Å². The van der Waals surface area contributed by atoms with Crippen LogP contribution in [0.3, 0.4) is 0 Å². The first-order valence-electron chi connectivity index (χ1n) is 13.0. The van der Waals surface area contributed by atoms with Crippen LogP contribution in [-0.2, 0) is 21.7 Å². The van der Waals surface area contributed by atoms with Gasteiger partial charge in [-0.05, 0) is 93.4 Å². The number of rotatable bonds is 0. The molecule has 0 amide bonds. The van der Waals surface area contributed by atoms with Crippen LogP contribution >= 0.6 is 0 Å². The highest BCUT2D eigenvalue weighted by atomic mass is 14.4. The number of hydrogen-bond donors (Lipinski definition) is 0. The third-order valence-corrected chi connectivity index (χ3v) is 7.86. The highest BCUT2D eigenvalue weighted by molar-refractivity contribution is 6.35. The van der Waals surface area contributed by atoms with Gasteiger partial charge in [-0.3, -0.25) is 0 Å². The number of benzene rings is 4. The molecule has 0 heteroatoms. The molecule has 1 aliphatic rings. The maximum atomic E-state index is 2.56. The van der Waals surface area contributed by atoms with Gasteiger partial charge in [0.25, 0.3) is 0 Å². The standard InChI is InChI=1S/C34H42/c1-31(2,3)22-16-14-19-13-15-20-23(32(4,5)6)17-21-24(33(7,8)9)18-25(34(10,11)12)30-28(21)27(20)26(19)29(22)30/h13-18H,1-12H3. The van der Waals surface area contributed by atoms with Crippen LogP contribution in [-0.4, -0.2) is 0 Å². The average Bonchev–Trinajstić information content (AvgIpc) is 3.02. The minimum absolute atomic E-state index is 0.0535. The summed E-state index contributed by atoms with van der Waals surface area (Å²) in [5.41, 5.74) is 9.16. The summed E-state index contributed by atoms with van der Waals surface area (Å²) >= 11 is 0. The second-order valence-corrected chi connectivity index (χ2v) is 14.8. The van der Waals surface area contributed by atoms with Crippen molar-refractivity contribution < 1.29 is 0 Å². The Hall–Kier alpha value is -2.34. The Morgan fingerprint density at radius 2 is 0.853 bits per heavy atom. The van der Waals surface area contributed by atoms with E-state index in [9.17, 15) is 0 Å². The summed E-state index contributed by atoms with van der Waals surface area (Å²) < 4.78 is 0. The van der Waals surface area contributed by atoms with Gasteiger partial charge >= 0.3 is 0 Å². The van der Waals surface area contributed by atoms with Crippen molar-refractivity contribution in [2.45, 2.75) is 105 Å². The van der Waals surface area contributed by atoms with Crippen molar-refractivity contribution in [1.29, 1.82) is 0 Å². The molecular weight excluding hydrogens is 408 g/mol. The SMILES string of the molecule is CC(C)(C)c1ccc2ccc3c(C(C)(C)C)cc4c(C(C)(C)C)cc(C(C)(C)C)c5c4c3c2c1-5. The molecule has 4 aromatic carbocycles. The zero-order valence-corrected chi connectivity index (χ0v) is 23.5. The molecule has 0 saturated carbocycles. The average molecular weight is 451 g/mol. The lowest BCUT2D eigenvalue weighted by molar-refractivity contribution is 0.572. The molecule has 0 radical (unpaired) electrons. The molecule has 5 rings (SSSR count). The Balaban J connectivity index is 2.19. The fraction of sp³-hybridized carbons (Fsp3) is 0.471. The third-order valence-electron chi connectivity index (χ3n) is 7.86. The van der Waals surface area contributed by atoms with Gasteiger partial charge in [-0.2, -0.15) is 0 Å². The number of hydrogen-bond acceptors (Lipinski definition) is 0. The molecule has 0 nitrogen and oxygen atoms in total. The lowest BCUT2D eigenvalue weighted by atomic mass is 9.72. The predicted molar refractivity (Wildman–Crippen MR) is 153 cm³/mol. The van der Waals surface area contributed by atoms with Crippen molar-refractivity contribution in [3.63, 3.8) is 0 Å². The summed E-state index contributed by atoms with van der Waals surface area (Å²) in [4.78, 5) is 0. The van der Waals surface area contributed by atoms with Crippen LogP contribution in [0.1, 0.15) is 105 Å². The molecule has 178 valence electrons. The fourth-order valence-electron chi connectivity index (χ4n) is 6.21. The van der Waals surface area contributed by atoms with Gasteiger partial charge in [0, 0.05) is 0 Å². The monoisotopic (exact) mass is 450 g/mol. The highest BCUT2D eigenvalue weighted by Crippen LogP contribution is 2.56. The van der Waals surface area contributed by atoms with Gasteiger partial charge < -0.3 is 0 Å². The van der Waals surface area contributed by atoms with E-state index < -0.39 is 0 Å². The Labute approximate surface area is 206 Å². The molecule has 0 spiro atoms. The maximum Gasteiger partial charge on any atom is -0.00110 e. The van der Waals surface area contributed by atoms with E-state index in [0.29, 0.717) is 0 Å². The second kappa shape index (κ2) is 6.66. The molecule has 0 saturated heterocycles. The summed E-state index contributed by atoms with van der Waals surface area (Å²) in [7, 11) is 0. The molecule has 0 heterocycles. The lowest BCUT2D eigenvalue weighted by Gasteiger charge is -2.31. The van der Waals surface area contributed by atoms with E-state index >= 15 is 0 Å². The Morgan fingerprint density at radius 1 is 0.382 bits per heavy atom. The van der Waals surface area contributed by atoms with Gasteiger partial charge in [-0.1, -0.05) is 113 Å². The minimum Gasteiger partial charge on any atom is -0.0572 e. The molecule has 4 aromatic rings. The smallest absolute Gasteiger partial charge is 0.00110 e. The van der Waals surface area contributed by atoms with Crippen molar-refractivity contribution in [2.24, 2.45) is 0 Å². The van der Waals surface area contributed by atoms with Crippen molar-refractivity contribution in [2.75, 3.05) is 0 Å². The largest absolute Gasteiger partial charge is 0.0572 e. The summed E-state index contributed by atoms with van der Waals surface area (Å²) in [5, 5.41) is 8.73. The molecule has 0 atom stereocenters. The third kappa shape index (κ3) is 3.17. The Kier molecular flexibility index (Phi) is 4.58. The van der Waals surface area contributed by atoms with Gasteiger partial charge in [0.05, 0.1) is 0 Å². The molecule has 0 aliphatic heterocycles. The van der Waals surface area contributed by atoms with Crippen LogP contribution in [0.25, 0.3) is 43.4 Å². The molecule has 0 bridgehead atoms. The van der Waals surface area contributed by atoms with Crippen LogP contribution in [0.15, 0.2) is 36.4 Å². The molecule has 34 heavy (non-hydrogen) atoms. The zero-order chi connectivity index (χ0) is 25.2. The van der Waals surface area contributed by atoms with E-state index in [1.807, 2.05) is 0 Å². The maximum absolute atomic E-state index is 2.56. The summed E-state index contributed by atoms with van der Waals surface area (Å²) in [6, 6.07) is 14.6. The minimum atomic E-state index is 0.0535.